The minimum atomic E-state index is -4.44. The van der Waals surface area contributed by atoms with Gasteiger partial charge in [-0.2, -0.15) is 18.4 Å². The van der Waals surface area contributed by atoms with Crippen LogP contribution >= 0.6 is 0 Å². The van der Waals surface area contributed by atoms with E-state index in [4.69, 9.17) is 5.26 Å². The Morgan fingerprint density at radius 2 is 1.96 bits per heavy atom. The first-order chi connectivity index (χ1) is 12.3. The molecular weight excluding hydrogens is 354 g/mol. The average Bonchev–Trinajstić information content (AvgIpc) is 2.59. The summed E-state index contributed by atoms with van der Waals surface area (Å²) in [5.74, 6) is -0.587. The number of hydrogen-bond donors (Lipinski definition) is 2. The number of benzene rings is 2. The minimum Gasteiger partial charge on any atom is -0.484 e. The van der Waals surface area contributed by atoms with E-state index in [0.717, 1.165) is 12.1 Å². The number of ether oxygens (including phenoxy) is 1. The summed E-state index contributed by atoms with van der Waals surface area (Å²) in [6.45, 7) is -1.40. The predicted octanol–water partition coefficient (Wildman–Crippen LogP) is 3.96. The van der Waals surface area contributed by atoms with Gasteiger partial charge in [0.25, 0.3) is 0 Å². The van der Waals surface area contributed by atoms with Crippen LogP contribution in [-0.2, 0) is 6.54 Å². The molecule has 5 nitrogen and oxygen atoms in total. The lowest BCUT2D eigenvalue weighted by molar-refractivity contribution is -0.153. The van der Waals surface area contributed by atoms with Crippen molar-refractivity contribution in [1.82, 2.24) is 5.32 Å². The lowest BCUT2D eigenvalue weighted by Gasteiger charge is -2.11. The van der Waals surface area contributed by atoms with Gasteiger partial charge in [0.05, 0.1) is 11.3 Å². The van der Waals surface area contributed by atoms with Crippen molar-refractivity contribution in [3.05, 3.63) is 59.4 Å². The van der Waals surface area contributed by atoms with Crippen molar-refractivity contribution in [1.29, 1.82) is 5.26 Å². The van der Waals surface area contributed by atoms with Gasteiger partial charge in [-0.25, -0.2) is 9.18 Å². The van der Waals surface area contributed by atoms with Crippen LogP contribution in [0.1, 0.15) is 11.1 Å². The highest BCUT2D eigenvalue weighted by molar-refractivity contribution is 5.90. The Labute approximate surface area is 146 Å². The minimum absolute atomic E-state index is 0.0120. The molecule has 9 heteroatoms. The first kappa shape index (κ1) is 19.1. The van der Waals surface area contributed by atoms with Gasteiger partial charge in [0.1, 0.15) is 17.6 Å². The zero-order chi connectivity index (χ0) is 19.2. The molecule has 0 aliphatic rings. The molecule has 2 aromatic rings. The maximum atomic E-state index is 13.1. The van der Waals surface area contributed by atoms with Crippen molar-refractivity contribution >= 4 is 11.7 Å². The molecule has 2 aromatic carbocycles. The number of nitrogens with zero attached hydrogens (tertiary/aromatic N) is 1. The van der Waals surface area contributed by atoms with Crippen molar-refractivity contribution in [2.45, 2.75) is 12.7 Å². The molecule has 0 saturated carbocycles. The highest BCUT2D eigenvalue weighted by atomic mass is 19.4. The molecule has 0 atom stereocenters. The van der Waals surface area contributed by atoms with E-state index in [1.807, 2.05) is 0 Å². The summed E-state index contributed by atoms with van der Waals surface area (Å²) in [4.78, 5) is 11.9. The largest absolute Gasteiger partial charge is 0.484 e. The molecular formula is C17H13F4N3O2. The standard InChI is InChI=1S/C17H13F4N3O2/c18-13-4-5-15(12(7-13)8-22)24-16(25)23-9-11-2-1-3-14(6-11)26-10-17(19,20)21/h1-7H,9-10H2,(H2,23,24,25). The van der Waals surface area contributed by atoms with Gasteiger partial charge in [0.15, 0.2) is 6.61 Å². The number of rotatable bonds is 5. The number of amides is 2. The predicted molar refractivity (Wildman–Crippen MR) is 85.0 cm³/mol. The van der Waals surface area contributed by atoms with Gasteiger partial charge in [-0.1, -0.05) is 12.1 Å². The lowest BCUT2D eigenvalue weighted by atomic mass is 10.2. The highest BCUT2D eigenvalue weighted by Gasteiger charge is 2.28. The molecule has 0 aliphatic heterocycles. The molecule has 0 bridgehead atoms. The first-order valence-corrected chi connectivity index (χ1v) is 7.30. The summed E-state index contributed by atoms with van der Waals surface area (Å²) < 4.78 is 54.1. The number of alkyl halides is 3. The summed E-state index contributed by atoms with van der Waals surface area (Å²) in [7, 11) is 0. The molecule has 0 saturated heterocycles. The van der Waals surface area contributed by atoms with Crippen molar-refractivity contribution in [2.75, 3.05) is 11.9 Å². The van der Waals surface area contributed by atoms with Gasteiger partial charge in [-0.05, 0) is 35.9 Å². The van der Waals surface area contributed by atoms with E-state index >= 15 is 0 Å². The number of carbonyl (C=O) groups is 1. The summed E-state index contributed by atoms with van der Waals surface area (Å²) in [6.07, 6.45) is -4.44. The quantitative estimate of drug-likeness (QED) is 0.786. The summed E-state index contributed by atoms with van der Waals surface area (Å²) in [6, 6.07) is 10.3. The monoisotopic (exact) mass is 367 g/mol. The smallest absolute Gasteiger partial charge is 0.422 e. The van der Waals surface area contributed by atoms with Crippen LogP contribution < -0.4 is 15.4 Å². The SMILES string of the molecule is N#Cc1cc(F)ccc1NC(=O)NCc1cccc(OCC(F)(F)F)c1. The van der Waals surface area contributed by atoms with Crippen molar-refractivity contribution in [3.8, 4) is 11.8 Å². The van der Waals surface area contributed by atoms with Crippen molar-refractivity contribution in [3.63, 3.8) is 0 Å². The summed E-state index contributed by atoms with van der Waals surface area (Å²) in [5.41, 5.74) is 0.607. The lowest BCUT2D eigenvalue weighted by Crippen LogP contribution is -2.28. The van der Waals surface area contributed by atoms with E-state index in [2.05, 4.69) is 15.4 Å². The van der Waals surface area contributed by atoms with Crippen LogP contribution in [0.3, 0.4) is 0 Å². The van der Waals surface area contributed by atoms with Crippen LogP contribution in [0.5, 0.6) is 5.75 Å². The Bertz CT molecular complexity index is 831. The third-order valence-corrected chi connectivity index (χ3v) is 3.10. The molecule has 26 heavy (non-hydrogen) atoms. The first-order valence-electron chi connectivity index (χ1n) is 7.30. The molecule has 0 unspecified atom stereocenters. The summed E-state index contributed by atoms with van der Waals surface area (Å²) >= 11 is 0. The fraction of sp³-hybridized carbons (Fsp3) is 0.176. The number of urea groups is 1. The maximum Gasteiger partial charge on any atom is 0.422 e. The van der Waals surface area contributed by atoms with Gasteiger partial charge in [-0.3, -0.25) is 0 Å². The van der Waals surface area contributed by atoms with Crippen molar-refractivity contribution < 1.29 is 27.1 Å². The van der Waals surface area contributed by atoms with Gasteiger partial charge in [0, 0.05) is 6.54 Å². The molecule has 0 aromatic heterocycles. The van der Waals surface area contributed by atoms with E-state index in [-0.39, 0.29) is 23.5 Å². The Balaban J connectivity index is 1.92. The van der Waals surface area contributed by atoms with Crippen LogP contribution in [0, 0.1) is 17.1 Å². The van der Waals surface area contributed by atoms with Crippen LogP contribution in [0.15, 0.2) is 42.5 Å². The number of nitrogens with one attached hydrogen (secondary N) is 2. The van der Waals surface area contributed by atoms with Gasteiger partial charge >= 0.3 is 12.2 Å². The molecule has 2 rings (SSSR count). The zero-order valence-electron chi connectivity index (χ0n) is 13.2. The molecule has 0 heterocycles. The molecule has 0 spiro atoms. The zero-order valence-corrected chi connectivity index (χ0v) is 13.2. The Hall–Kier alpha value is -3.28. The van der Waals surface area contributed by atoms with E-state index in [1.54, 1.807) is 12.1 Å². The van der Waals surface area contributed by atoms with E-state index in [0.29, 0.717) is 5.56 Å². The van der Waals surface area contributed by atoms with E-state index in [9.17, 15) is 22.4 Å². The van der Waals surface area contributed by atoms with Crippen LogP contribution in [0.2, 0.25) is 0 Å². The normalized spacial score (nSPS) is 10.7. The number of hydrogen-bond acceptors (Lipinski definition) is 3. The van der Waals surface area contributed by atoms with Crippen LogP contribution in [0.4, 0.5) is 28.0 Å². The second-order valence-corrected chi connectivity index (χ2v) is 5.16. The molecule has 0 radical (unpaired) electrons. The van der Waals surface area contributed by atoms with Gasteiger partial charge < -0.3 is 15.4 Å². The topological polar surface area (TPSA) is 74.2 Å². The van der Waals surface area contributed by atoms with Crippen molar-refractivity contribution in [2.24, 2.45) is 0 Å². The highest BCUT2D eigenvalue weighted by Crippen LogP contribution is 2.19. The molecule has 0 aliphatic carbocycles. The fourth-order valence-corrected chi connectivity index (χ4v) is 1.98. The van der Waals surface area contributed by atoms with E-state index in [1.165, 1.54) is 24.3 Å². The van der Waals surface area contributed by atoms with Crippen LogP contribution in [-0.4, -0.2) is 18.8 Å². The molecule has 2 N–H and O–H groups in total. The average molecular weight is 367 g/mol. The Kier molecular flexibility index (Phi) is 6.01. The Morgan fingerprint density at radius 3 is 2.65 bits per heavy atom. The second kappa shape index (κ2) is 8.20. The number of halogens is 4. The number of carbonyl (C=O) groups excluding carboxylic acids is 1. The van der Waals surface area contributed by atoms with Crippen LogP contribution in [0.25, 0.3) is 0 Å². The number of nitriles is 1. The van der Waals surface area contributed by atoms with E-state index < -0.39 is 24.6 Å². The third kappa shape index (κ3) is 5.98. The molecule has 0 fully saturated rings. The molecule has 136 valence electrons. The van der Waals surface area contributed by atoms with Gasteiger partial charge in [0.2, 0.25) is 0 Å². The Morgan fingerprint density at radius 1 is 1.19 bits per heavy atom. The third-order valence-electron chi connectivity index (χ3n) is 3.10. The summed E-state index contributed by atoms with van der Waals surface area (Å²) in [5, 5.41) is 13.8. The number of anilines is 1. The molecule has 2 amide bonds. The maximum absolute atomic E-state index is 13.1. The van der Waals surface area contributed by atoms with Gasteiger partial charge in [-0.15, -0.1) is 0 Å². The fourth-order valence-electron chi connectivity index (χ4n) is 1.98. The second-order valence-electron chi connectivity index (χ2n) is 5.16.